The van der Waals surface area contributed by atoms with Gasteiger partial charge in [0, 0.05) is 19.0 Å². The van der Waals surface area contributed by atoms with Crippen molar-refractivity contribution in [2.75, 3.05) is 20.3 Å². The lowest BCUT2D eigenvalue weighted by atomic mass is 9.99. The van der Waals surface area contributed by atoms with E-state index in [-0.39, 0.29) is 5.91 Å². The number of nitrogens with zero attached hydrogens (tertiary/aromatic N) is 1. The van der Waals surface area contributed by atoms with Gasteiger partial charge in [-0.05, 0) is 42.2 Å². The Hall–Kier alpha value is -2.31. The topological polar surface area (TPSA) is 38.8 Å². The maximum Gasteiger partial charge on any atom is 0.265 e. The number of hydrogen-bond donors (Lipinski definition) is 0. The van der Waals surface area contributed by atoms with E-state index in [2.05, 4.69) is 26.0 Å². The molecule has 0 saturated carbocycles. The number of carbonyl (C=O) groups is 1. The molecule has 2 aromatic carbocycles. The molecule has 1 aliphatic heterocycles. The molecular weight excluding hydrogens is 414 g/mol. The van der Waals surface area contributed by atoms with Gasteiger partial charge in [0.2, 0.25) is 0 Å². The molecular formula is C24H27NO3S2. The van der Waals surface area contributed by atoms with Crippen LogP contribution in [0.3, 0.4) is 0 Å². The summed E-state index contributed by atoms with van der Waals surface area (Å²) in [6.45, 7) is 5.54. The summed E-state index contributed by atoms with van der Waals surface area (Å²) < 4.78 is 12.3. The minimum absolute atomic E-state index is 0.0763. The minimum atomic E-state index is -0.0763. The highest BCUT2D eigenvalue weighted by atomic mass is 32.2. The average Bonchev–Trinajstić information content (AvgIpc) is 3.01. The Labute approximate surface area is 188 Å². The van der Waals surface area contributed by atoms with Gasteiger partial charge >= 0.3 is 0 Å². The Balaban J connectivity index is 1.50. The number of thioether (sulfide) groups is 1. The van der Waals surface area contributed by atoms with Crippen LogP contribution in [0.4, 0.5) is 0 Å². The van der Waals surface area contributed by atoms with Crippen LogP contribution in [0.2, 0.25) is 0 Å². The largest absolute Gasteiger partial charge is 0.493 e. The fourth-order valence-corrected chi connectivity index (χ4v) is 4.15. The van der Waals surface area contributed by atoms with E-state index in [1.165, 1.54) is 22.2 Å². The summed E-state index contributed by atoms with van der Waals surface area (Å²) in [5, 5.41) is 0. The molecule has 2 aromatic rings. The normalized spacial score (nSPS) is 16.2. The van der Waals surface area contributed by atoms with E-state index in [1.54, 1.807) is 7.05 Å². The Morgan fingerprint density at radius 1 is 1.10 bits per heavy atom. The summed E-state index contributed by atoms with van der Waals surface area (Å²) in [4.78, 5) is 14.3. The quantitative estimate of drug-likeness (QED) is 0.276. The highest BCUT2D eigenvalue weighted by Gasteiger charge is 2.28. The van der Waals surface area contributed by atoms with Crippen molar-refractivity contribution in [2.24, 2.45) is 0 Å². The third-order valence-electron chi connectivity index (χ3n) is 5.07. The number of amides is 1. The zero-order valence-electron chi connectivity index (χ0n) is 17.6. The first kappa shape index (κ1) is 22.4. The predicted molar refractivity (Wildman–Crippen MR) is 128 cm³/mol. The molecule has 1 heterocycles. The summed E-state index contributed by atoms with van der Waals surface area (Å²) in [6, 6.07) is 16.0. The fourth-order valence-electron chi connectivity index (χ4n) is 2.98. The van der Waals surface area contributed by atoms with Crippen LogP contribution < -0.4 is 9.47 Å². The number of carbonyl (C=O) groups excluding carboxylic acids is 1. The molecule has 1 unspecified atom stereocenters. The predicted octanol–water partition coefficient (Wildman–Crippen LogP) is 5.88. The lowest BCUT2D eigenvalue weighted by Gasteiger charge is -2.12. The van der Waals surface area contributed by atoms with Crippen LogP contribution >= 0.6 is 24.0 Å². The van der Waals surface area contributed by atoms with E-state index in [4.69, 9.17) is 21.7 Å². The Bertz CT molecular complexity index is 924. The molecule has 0 N–H and O–H groups in total. The van der Waals surface area contributed by atoms with Crippen LogP contribution in [-0.2, 0) is 4.79 Å². The lowest BCUT2D eigenvalue weighted by Crippen LogP contribution is -2.22. The molecule has 4 nitrogen and oxygen atoms in total. The number of thiocarbonyl (C=S) groups is 1. The summed E-state index contributed by atoms with van der Waals surface area (Å²) in [5.41, 5.74) is 2.21. The van der Waals surface area contributed by atoms with Crippen molar-refractivity contribution in [1.82, 2.24) is 4.90 Å². The molecule has 30 heavy (non-hydrogen) atoms. The standard InChI is InChI=1S/C24H27NO3S2/c1-4-17(2)18-10-12-20(13-11-18)27-14-7-15-28-21-9-6-5-8-19(21)16-22-23(26)25(3)24(29)30-22/h5-6,8-13,16-17H,4,7,14-15H2,1-3H3/b22-16+. The second-order valence-electron chi connectivity index (χ2n) is 7.21. The van der Waals surface area contributed by atoms with E-state index in [0.717, 1.165) is 29.9 Å². The van der Waals surface area contributed by atoms with E-state index in [1.807, 2.05) is 42.5 Å². The molecule has 3 rings (SSSR count). The first-order valence-electron chi connectivity index (χ1n) is 10.2. The smallest absolute Gasteiger partial charge is 0.265 e. The Morgan fingerprint density at radius 2 is 1.80 bits per heavy atom. The molecule has 0 bridgehead atoms. The van der Waals surface area contributed by atoms with Crippen LogP contribution in [0.1, 0.15) is 43.7 Å². The van der Waals surface area contributed by atoms with Crippen molar-refractivity contribution >= 4 is 40.3 Å². The number of ether oxygens (including phenoxy) is 2. The van der Waals surface area contributed by atoms with E-state index in [0.29, 0.717) is 28.4 Å². The van der Waals surface area contributed by atoms with Gasteiger partial charge in [0.1, 0.15) is 15.8 Å². The average molecular weight is 442 g/mol. The molecule has 0 radical (unpaired) electrons. The van der Waals surface area contributed by atoms with Gasteiger partial charge in [0.15, 0.2) is 0 Å². The van der Waals surface area contributed by atoms with Crippen molar-refractivity contribution in [2.45, 2.75) is 32.6 Å². The van der Waals surface area contributed by atoms with E-state index in [9.17, 15) is 4.79 Å². The number of hydrogen-bond acceptors (Lipinski definition) is 5. The van der Waals surface area contributed by atoms with Gasteiger partial charge < -0.3 is 9.47 Å². The first-order chi connectivity index (χ1) is 14.5. The Morgan fingerprint density at radius 3 is 2.47 bits per heavy atom. The second kappa shape index (κ2) is 10.6. The maximum absolute atomic E-state index is 12.2. The van der Waals surface area contributed by atoms with Gasteiger partial charge in [0.25, 0.3) is 5.91 Å². The minimum Gasteiger partial charge on any atom is -0.493 e. The number of rotatable bonds is 9. The molecule has 1 amide bonds. The summed E-state index contributed by atoms with van der Waals surface area (Å²) in [5.74, 6) is 2.12. The van der Waals surface area contributed by atoms with Crippen molar-refractivity contribution in [3.8, 4) is 11.5 Å². The van der Waals surface area contributed by atoms with Gasteiger partial charge in [-0.1, -0.05) is 68.2 Å². The highest BCUT2D eigenvalue weighted by molar-refractivity contribution is 8.26. The summed E-state index contributed by atoms with van der Waals surface area (Å²) in [6.07, 6.45) is 3.73. The van der Waals surface area contributed by atoms with Gasteiger partial charge in [-0.25, -0.2) is 0 Å². The fraction of sp³-hybridized carbons (Fsp3) is 0.333. The molecule has 1 atom stereocenters. The maximum atomic E-state index is 12.2. The monoisotopic (exact) mass is 441 g/mol. The molecule has 0 aliphatic carbocycles. The first-order valence-corrected chi connectivity index (χ1v) is 11.4. The third-order valence-corrected chi connectivity index (χ3v) is 6.55. The lowest BCUT2D eigenvalue weighted by molar-refractivity contribution is -0.121. The van der Waals surface area contributed by atoms with Crippen molar-refractivity contribution in [1.29, 1.82) is 0 Å². The summed E-state index contributed by atoms with van der Waals surface area (Å²) in [7, 11) is 1.69. The van der Waals surface area contributed by atoms with Gasteiger partial charge in [0.05, 0.1) is 18.1 Å². The van der Waals surface area contributed by atoms with Crippen LogP contribution in [-0.4, -0.2) is 35.4 Å². The zero-order valence-corrected chi connectivity index (χ0v) is 19.2. The zero-order chi connectivity index (χ0) is 21.5. The molecule has 0 spiro atoms. The van der Waals surface area contributed by atoms with Gasteiger partial charge in [-0.2, -0.15) is 0 Å². The van der Waals surface area contributed by atoms with Crippen LogP contribution in [0.5, 0.6) is 11.5 Å². The molecule has 1 saturated heterocycles. The number of benzene rings is 2. The summed E-state index contributed by atoms with van der Waals surface area (Å²) >= 11 is 6.50. The van der Waals surface area contributed by atoms with Crippen LogP contribution in [0, 0.1) is 0 Å². The molecule has 1 aliphatic rings. The SMILES string of the molecule is CCC(C)c1ccc(OCCCOc2ccccc2/C=C2/SC(=S)N(C)C2=O)cc1. The molecule has 0 aromatic heterocycles. The van der Waals surface area contributed by atoms with Crippen molar-refractivity contribution < 1.29 is 14.3 Å². The van der Waals surface area contributed by atoms with E-state index < -0.39 is 0 Å². The van der Waals surface area contributed by atoms with E-state index >= 15 is 0 Å². The molecule has 158 valence electrons. The van der Waals surface area contributed by atoms with Crippen molar-refractivity contribution in [3.05, 3.63) is 64.6 Å². The van der Waals surface area contributed by atoms with Crippen LogP contribution in [0.25, 0.3) is 6.08 Å². The Kier molecular flexibility index (Phi) is 7.94. The van der Waals surface area contributed by atoms with Gasteiger partial charge in [-0.15, -0.1) is 0 Å². The second-order valence-corrected chi connectivity index (χ2v) is 8.88. The molecule has 6 heteroatoms. The molecule has 1 fully saturated rings. The number of likely N-dealkylation sites (N-methyl/N-ethyl adjacent to an activating group) is 1. The highest BCUT2D eigenvalue weighted by Crippen LogP contribution is 2.33. The third kappa shape index (κ3) is 5.64. The van der Waals surface area contributed by atoms with Gasteiger partial charge in [-0.3, -0.25) is 9.69 Å². The number of para-hydroxylation sites is 1. The van der Waals surface area contributed by atoms with Crippen LogP contribution in [0.15, 0.2) is 53.4 Å². The van der Waals surface area contributed by atoms with Crippen molar-refractivity contribution in [3.63, 3.8) is 0 Å².